The van der Waals surface area contributed by atoms with Gasteiger partial charge in [0, 0.05) is 0 Å². The normalized spacial score (nSPS) is 14.1. The van der Waals surface area contributed by atoms with Gasteiger partial charge in [-0.15, -0.1) is 0 Å². The van der Waals surface area contributed by atoms with Crippen LogP contribution in [0.1, 0.15) is 0 Å². The largest absolute Gasteiger partial charge is 0.426 e. The average Bonchev–Trinajstić information content (AvgIpc) is 1.64. The summed E-state index contributed by atoms with van der Waals surface area (Å²) in [6.45, 7) is -0.946. The summed E-state index contributed by atoms with van der Waals surface area (Å²) in [5.74, 6) is 0. The molecule has 0 rings (SSSR count). The lowest BCUT2D eigenvalue weighted by molar-refractivity contribution is -0.0850. The van der Waals surface area contributed by atoms with E-state index in [1.807, 2.05) is 0 Å². The highest BCUT2D eigenvalue weighted by Crippen LogP contribution is 2.27. The third kappa shape index (κ3) is 3.37. The first kappa shape index (κ1) is 8.78. The molecular formula is C4H3ClF3O. The zero-order chi connectivity index (χ0) is 7.49. The van der Waals surface area contributed by atoms with E-state index in [0.717, 1.165) is 0 Å². The van der Waals surface area contributed by atoms with E-state index in [-0.39, 0.29) is 0 Å². The lowest BCUT2D eigenvalue weighted by atomic mass is 10.5. The zero-order valence-corrected chi connectivity index (χ0v) is 4.96. The van der Waals surface area contributed by atoms with Gasteiger partial charge in [0.15, 0.2) is 0 Å². The summed E-state index contributed by atoms with van der Waals surface area (Å²) >= 11 is 4.59. The molecule has 0 aromatic rings. The molecule has 5 heteroatoms. The number of allylic oxidation sites excluding steroid dienone is 1. The van der Waals surface area contributed by atoms with Crippen molar-refractivity contribution in [2.45, 2.75) is 6.18 Å². The van der Waals surface area contributed by atoms with Gasteiger partial charge in [0.25, 0.3) is 0 Å². The van der Waals surface area contributed by atoms with Crippen molar-refractivity contribution in [3.05, 3.63) is 11.1 Å². The molecule has 0 saturated heterocycles. The first-order valence-electron chi connectivity index (χ1n) is 1.99. The van der Waals surface area contributed by atoms with Crippen molar-refractivity contribution in [1.82, 2.24) is 0 Å². The predicted octanol–water partition coefficient (Wildman–Crippen LogP) is 2.10. The van der Waals surface area contributed by atoms with Crippen LogP contribution in [0.5, 0.6) is 0 Å². The van der Waals surface area contributed by atoms with Crippen LogP contribution in [0.2, 0.25) is 0 Å². The molecule has 0 amide bonds. The second-order valence-electron chi connectivity index (χ2n) is 1.22. The van der Waals surface area contributed by atoms with Crippen molar-refractivity contribution in [1.29, 1.82) is 0 Å². The number of rotatable bonds is 1. The Morgan fingerprint density at radius 3 is 2.11 bits per heavy atom. The third-order valence-corrected chi connectivity index (χ3v) is 0.902. The summed E-state index contributed by atoms with van der Waals surface area (Å²) in [5.41, 5.74) is 0. The van der Waals surface area contributed by atoms with Gasteiger partial charge in [0.2, 0.25) is 0 Å². The second kappa shape index (κ2) is 3.08. The summed E-state index contributed by atoms with van der Waals surface area (Å²) in [4.78, 5) is 0. The minimum Gasteiger partial charge on any atom is -0.232 e. The lowest BCUT2D eigenvalue weighted by Gasteiger charge is -2.01. The molecule has 53 valence electrons. The maximum Gasteiger partial charge on any atom is 0.426 e. The molecule has 0 aliphatic rings. The Morgan fingerprint density at radius 2 is 2.00 bits per heavy atom. The van der Waals surface area contributed by atoms with Crippen LogP contribution in [0.4, 0.5) is 13.2 Å². The van der Waals surface area contributed by atoms with Gasteiger partial charge >= 0.3 is 6.18 Å². The van der Waals surface area contributed by atoms with Crippen LogP contribution in [-0.2, 0) is 5.11 Å². The van der Waals surface area contributed by atoms with Crippen LogP contribution in [0, 0.1) is 0 Å². The molecule has 0 aliphatic carbocycles. The topological polar surface area (TPSA) is 19.9 Å². The number of hydrogen-bond donors (Lipinski definition) is 0. The van der Waals surface area contributed by atoms with Crippen LogP contribution >= 0.6 is 11.6 Å². The number of hydrogen-bond acceptors (Lipinski definition) is 0. The van der Waals surface area contributed by atoms with Gasteiger partial charge in [-0.2, -0.15) is 13.2 Å². The van der Waals surface area contributed by atoms with Crippen molar-refractivity contribution >= 4 is 11.6 Å². The van der Waals surface area contributed by atoms with Gasteiger partial charge in [-0.3, -0.25) is 0 Å². The third-order valence-electron chi connectivity index (χ3n) is 0.533. The molecule has 0 atom stereocenters. The van der Waals surface area contributed by atoms with E-state index in [4.69, 9.17) is 0 Å². The highest BCUT2D eigenvalue weighted by atomic mass is 35.5. The van der Waals surface area contributed by atoms with Crippen LogP contribution in [0.25, 0.3) is 0 Å². The highest BCUT2D eigenvalue weighted by Gasteiger charge is 2.31. The molecule has 0 spiro atoms. The summed E-state index contributed by atoms with van der Waals surface area (Å²) < 4.78 is 33.9. The average molecular weight is 160 g/mol. The Morgan fingerprint density at radius 1 is 1.56 bits per heavy atom. The second-order valence-corrected chi connectivity index (χ2v) is 1.62. The van der Waals surface area contributed by atoms with Crippen molar-refractivity contribution in [3.8, 4) is 0 Å². The Bertz CT molecular complexity index is 117. The fraction of sp³-hybridized carbons (Fsp3) is 0.500. The lowest BCUT2D eigenvalue weighted by Crippen LogP contribution is -2.07. The van der Waals surface area contributed by atoms with E-state index in [9.17, 15) is 18.3 Å². The van der Waals surface area contributed by atoms with Gasteiger partial charge in [0.05, 0.1) is 0 Å². The van der Waals surface area contributed by atoms with Gasteiger partial charge in [-0.05, 0) is 6.08 Å². The molecule has 0 fully saturated rings. The maximum atomic E-state index is 11.3. The quantitative estimate of drug-likeness (QED) is 0.559. The summed E-state index contributed by atoms with van der Waals surface area (Å²) in [6, 6.07) is 0. The first-order valence-corrected chi connectivity index (χ1v) is 2.37. The van der Waals surface area contributed by atoms with Crippen molar-refractivity contribution in [2.24, 2.45) is 0 Å². The Kier molecular flexibility index (Phi) is 3.00. The maximum absolute atomic E-state index is 11.3. The van der Waals surface area contributed by atoms with E-state index in [2.05, 4.69) is 11.6 Å². The standard InChI is InChI=1S/C4H3ClF3O/c5-3(1-2-9)4(6,7)8/h1H,2H2. The van der Waals surface area contributed by atoms with E-state index in [1.165, 1.54) is 0 Å². The zero-order valence-electron chi connectivity index (χ0n) is 4.20. The van der Waals surface area contributed by atoms with E-state index in [0.29, 0.717) is 6.08 Å². The van der Waals surface area contributed by atoms with Crippen molar-refractivity contribution < 1.29 is 18.3 Å². The smallest absolute Gasteiger partial charge is 0.232 e. The van der Waals surface area contributed by atoms with E-state index in [1.54, 1.807) is 0 Å². The van der Waals surface area contributed by atoms with Gasteiger partial charge < -0.3 is 0 Å². The molecule has 0 aromatic heterocycles. The van der Waals surface area contributed by atoms with Crippen molar-refractivity contribution in [2.75, 3.05) is 6.61 Å². The molecule has 0 heterocycles. The SMILES string of the molecule is [O]CC=C(Cl)C(F)(F)F. The minimum absolute atomic E-state index is 0.377. The monoisotopic (exact) mass is 159 g/mol. The summed E-state index contributed by atoms with van der Waals surface area (Å²) in [5, 5.41) is 8.18. The van der Waals surface area contributed by atoms with Crippen LogP contribution in [0.3, 0.4) is 0 Å². The fourth-order valence-corrected chi connectivity index (χ4v) is 0.252. The molecule has 0 bridgehead atoms. The molecule has 9 heavy (non-hydrogen) atoms. The molecule has 0 aromatic carbocycles. The first-order chi connectivity index (χ1) is 3.98. The van der Waals surface area contributed by atoms with Gasteiger partial charge in [0.1, 0.15) is 11.6 Å². The van der Waals surface area contributed by atoms with E-state index >= 15 is 0 Å². The summed E-state index contributed by atoms with van der Waals surface area (Å²) in [7, 11) is 0. The van der Waals surface area contributed by atoms with E-state index < -0.39 is 17.8 Å². The molecule has 0 N–H and O–H groups in total. The van der Waals surface area contributed by atoms with Crippen LogP contribution in [-0.4, -0.2) is 12.8 Å². The minimum atomic E-state index is -4.56. The van der Waals surface area contributed by atoms with Gasteiger partial charge in [-0.1, -0.05) is 11.6 Å². The predicted molar refractivity (Wildman–Crippen MR) is 25.5 cm³/mol. The molecule has 1 nitrogen and oxygen atoms in total. The highest BCUT2D eigenvalue weighted by molar-refractivity contribution is 6.30. The number of alkyl halides is 3. The molecule has 0 unspecified atom stereocenters. The Hall–Kier alpha value is -0.220. The Balaban J connectivity index is 4.03. The molecule has 1 radical (unpaired) electrons. The Labute approximate surface area is 54.7 Å². The van der Waals surface area contributed by atoms with Crippen molar-refractivity contribution in [3.63, 3.8) is 0 Å². The number of halogens is 4. The van der Waals surface area contributed by atoms with Crippen LogP contribution in [0.15, 0.2) is 11.1 Å². The summed E-state index contributed by atoms with van der Waals surface area (Å²) in [6.07, 6.45) is -4.19. The fourth-order valence-electron chi connectivity index (χ4n) is 0.189. The molecule has 0 saturated carbocycles. The molecular weight excluding hydrogens is 156 g/mol. The van der Waals surface area contributed by atoms with Crippen LogP contribution < -0.4 is 0 Å². The van der Waals surface area contributed by atoms with Gasteiger partial charge in [-0.25, -0.2) is 5.11 Å². The molecule has 0 aliphatic heterocycles.